The van der Waals surface area contributed by atoms with Crippen molar-refractivity contribution in [2.45, 2.75) is 87.6 Å². The molecule has 0 aromatic heterocycles. The molecule has 2 aliphatic carbocycles. The number of ether oxygens (including phenoxy) is 2. The lowest BCUT2D eigenvalue weighted by Crippen LogP contribution is -2.49. The number of allylic oxidation sites excluding steroid dienone is 1. The van der Waals surface area contributed by atoms with Gasteiger partial charge in [-0.15, -0.1) is 0 Å². The molecule has 236 valence electrons. The van der Waals surface area contributed by atoms with E-state index in [1.165, 1.54) is 23.1 Å². The summed E-state index contributed by atoms with van der Waals surface area (Å²) in [5, 5.41) is 12.3. The zero-order valence-corrected chi connectivity index (χ0v) is 27.3. The molecule has 2 aromatic carbocycles. The van der Waals surface area contributed by atoms with Crippen LogP contribution in [-0.4, -0.2) is 54.8 Å². The van der Waals surface area contributed by atoms with Gasteiger partial charge in [-0.3, -0.25) is 9.52 Å². The molecule has 1 amide bonds. The number of fused-ring (bicyclic) bond motifs is 4. The number of benzene rings is 2. The largest absolute Gasteiger partial charge is 0.490 e. The molecular formula is C36H45ClN2O4S. The Labute approximate surface area is 271 Å². The van der Waals surface area contributed by atoms with Crippen LogP contribution < -0.4 is 14.4 Å². The van der Waals surface area contributed by atoms with E-state index >= 15 is 0 Å². The molecule has 2 fully saturated rings. The van der Waals surface area contributed by atoms with Crippen LogP contribution >= 0.6 is 23.5 Å². The Kier molecular flexibility index (Phi) is 8.93. The molecule has 1 saturated heterocycles. The number of aryl methyl sites for hydroxylation is 1. The fourth-order valence-electron chi connectivity index (χ4n) is 8.21. The zero-order chi connectivity index (χ0) is 30.3. The number of hydrogen-bond donors (Lipinski definition) is 2. The zero-order valence-electron chi connectivity index (χ0n) is 25.7. The SMILES string of the molecule is C[C@H]1C/C=C/[C@H](O)[C@@H]2CC[C@H]2CN2C[C@@]3(CCCc4cc(Cl)ccc43)COc3ccc(cc32)C(=O)NS[C@@H]1C[C@H]1CCCO1. The van der Waals surface area contributed by atoms with Gasteiger partial charge in [0.25, 0.3) is 5.91 Å². The Balaban J connectivity index is 1.22. The van der Waals surface area contributed by atoms with E-state index in [1.807, 2.05) is 30.3 Å². The summed E-state index contributed by atoms with van der Waals surface area (Å²) in [6.45, 7) is 5.30. The summed E-state index contributed by atoms with van der Waals surface area (Å²) in [4.78, 5) is 16.1. The minimum atomic E-state index is -0.446. The van der Waals surface area contributed by atoms with Gasteiger partial charge in [0.1, 0.15) is 5.75 Å². The Morgan fingerprint density at radius 3 is 2.89 bits per heavy atom. The number of aliphatic hydroxyl groups is 1. The van der Waals surface area contributed by atoms with E-state index < -0.39 is 6.10 Å². The van der Waals surface area contributed by atoms with Gasteiger partial charge in [-0.1, -0.05) is 36.7 Å². The molecule has 0 unspecified atom stereocenters. The Bertz CT molecular complexity index is 1400. The number of rotatable bonds is 2. The van der Waals surface area contributed by atoms with Crippen molar-refractivity contribution in [1.29, 1.82) is 0 Å². The van der Waals surface area contributed by atoms with Crippen LogP contribution in [0.2, 0.25) is 5.02 Å². The number of nitrogens with zero attached hydrogens (tertiary/aromatic N) is 1. The number of nitrogens with one attached hydrogen (secondary N) is 1. The maximum Gasteiger partial charge on any atom is 0.261 e. The monoisotopic (exact) mass is 636 g/mol. The number of amides is 1. The molecule has 6 nitrogen and oxygen atoms in total. The van der Waals surface area contributed by atoms with Crippen molar-refractivity contribution in [3.63, 3.8) is 0 Å². The maximum atomic E-state index is 13.6. The number of aliphatic hydroxyl groups excluding tert-OH is 1. The van der Waals surface area contributed by atoms with Gasteiger partial charge in [0.15, 0.2) is 0 Å². The third-order valence-electron chi connectivity index (χ3n) is 11.0. The van der Waals surface area contributed by atoms with Crippen LogP contribution in [0.5, 0.6) is 5.75 Å². The molecule has 8 heteroatoms. The average molecular weight is 637 g/mol. The second-order valence-corrected chi connectivity index (χ2v) is 15.4. The second-order valence-electron chi connectivity index (χ2n) is 13.9. The Hall–Kier alpha value is -2.19. The first-order valence-electron chi connectivity index (χ1n) is 16.6. The Morgan fingerprint density at radius 2 is 2.07 bits per heavy atom. The fourth-order valence-corrected chi connectivity index (χ4v) is 9.44. The molecule has 44 heavy (non-hydrogen) atoms. The van der Waals surface area contributed by atoms with Gasteiger partial charge in [0.2, 0.25) is 0 Å². The summed E-state index contributed by atoms with van der Waals surface area (Å²) in [6.07, 6.45) is 13.2. The summed E-state index contributed by atoms with van der Waals surface area (Å²) >= 11 is 7.97. The molecule has 3 aliphatic heterocycles. The molecule has 0 radical (unpaired) electrons. The lowest BCUT2D eigenvalue weighted by atomic mass is 9.68. The third-order valence-corrected chi connectivity index (χ3v) is 12.5. The molecule has 1 saturated carbocycles. The van der Waals surface area contributed by atoms with Crippen LogP contribution in [0, 0.1) is 17.8 Å². The van der Waals surface area contributed by atoms with E-state index in [-0.39, 0.29) is 28.6 Å². The lowest BCUT2D eigenvalue weighted by Gasteiger charge is -2.45. The van der Waals surface area contributed by atoms with Crippen molar-refractivity contribution in [2.75, 3.05) is 31.2 Å². The summed E-state index contributed by atoms with van der Waals surface area (Å²) < 4.78 is 15.8. The van der Waals surface area contributed by atoms with Gasteiger partial charge in [0.05, 0.1) is 24.5 Å². The quantitative estimate of drug-likeness (QED) is 0.270. The first-order chi connectivity index (χ1) is 21.4. The number of carbonyl (C=O) groups excluding carboxylic acids is 1. The average Bonchev–Trinajstić information content (AvgIpc) is 3.47. The van der Waals surface area contributed by atoms with E-state index in [0.29, 0.717) is 24.0 Å². The first kappa shape index (κ1) is 30.5. The van der Waals surface area contributed by atoms with E-state index in [2.05, 4.69) is 34.8 Å². The van der Waals surface area contributed by atoms with Gasteiger partial charge in [-0.2, -0.15) is 0 Å². The molecule has 1 spiro atoms. The van der Waals surface area contributed by atoms with Gasteiger partial charge in [-0.05, 0) is 129 Å². The van der Waals surface area contributed by atoms with Gasteiger partial charge >= 0.3 is 0 Å². The van der Waals surface area contributed by atoms with Gasteiger partial charge < -0.3 is 19.5 Å². The van der Waals surface area contributed by atoms with Crippen LogP contribution in [0.1, 0.15) is 79.8 Å². The minimum absolute atomic E-state index is 0.0708. The summed E-state index contributed by atoms with van der Waals surface area (Å²) in [6, 6.07) is 12.3. The second kappa shape index (κ2) is 12.9. The van der Waals surface area contributed by atoms with Crippen LogP contribution in [0.3, 0.4) is 0 Å². The van der Waals surface area contributed by atoms with Crippen molar-refractivity contribution in [3.05, 3.63) is 70.3 Å². The van der Waals surface area contributed by atoms with Crippen molar-refractivity contribution >= 4 is 35.1 Å². The van der Waals surface area contributed by atoms with Crippen molar-refractivity contribution in [3.8, 4) is 5.75 Å². The van der Waals surface area contributed by atoms with Crippen LogP contribution in [0.25, 0.3) is 0 Å². The summed E-state index contributed by atoms with van der Waals surface area (Å²) in [5.41, 5.74) is 4.12. The molecule has 3 heterocycles. The van der Waals surface area contributed by atoms with E-state index in [1.54, 1.807) is 0 Å². The highest BCUT2D eigenvalue weighted by atomic mass is 35.5. The highest BCUT2D eigenvalue weighted by molar-refractivity contribution is 7.98. The van der Waals surface area contributed by atoms with Gasteiger partial charge in [-0.25, -0.2) is 0 Å². The predicted octanol–water partition coefficient (Wildman–Crippen LogP) is 7.11. The number of carbonyl (C=O) groups is 1. The minimum Gasteiger partial charge on any atom is -0.490 e. The predicted molar refractivity (Wildman–Crippen MR) is 178 cm³/mol. The van der Waals surface area contributed by atoms with Crippen LogP contribution in [-0.2, 0) is 16.6 Å². The highest BCUT2D eigenvalue weighted by Gasteiger charge is 2.44. The molecule has 7 rings (SSSR count). The number of halogens is 1. The summed E-state index contributed by atoms with van der Waals surface area (Å²) in [7, 11) is 0. The van der Waals surface area contributed by atoms with Crippen LogP contribution in [0.4, 0.5) is 5.69 Å². The standard InChI is InChI=1S/C36H45ClN2O4S/c1-23-5-2-8-32(40)29-12-9-26(29)20-39-21-36(15-3-6-24-17-27(37)11-13-30(24)36)22-43-33-14-10-25(18-31(33)39)35(41)38-44-34(23)19-28-7-4-16-42-28/h2,8,10-11,13-14,17-18,23,26,28-29,32,34,40H,3-7,9,12,15-16,19-22H2,1H3,(H,38,41)/b8-2+/t23-,26-,28+,29+,32-,34+,36-/m0/s1. The van der Waals surface area contributed by atoms with E-state index in [0.717, 1.165) is 93.9 Å². The van der Waals surface area contributed by atoms with E-state index in [4.69, 9.17) is 21.1 Å². The topological polar surface area (TPSA) is 71.0 Å². The highest BCUT2D eigenvalue weighted by Crippen LogP contribution is 2.47. The molecule has 2 aromatic rings. The summed E-state index contributed by atoms with van der Waals surface area (Å²) in [5.74, 6) is 1.70. The van der Waals surface area contributed by atoms with Crippen molar-refractivity contribution in [2.24, 2.45) is 17.8 Å². The number of hydrogen-bond acceptors (Lipinski definition) is 6. The lowest BCUT2D eigenvalue weighted by molar-refractivity contribution is 0.0455. The Morgan fingerprint density at radius 1 is 1.16 bits per heavy atom. The van der Waals surface area contributed by atoms with Crippen molar-refractivity contribution in [1.82, 2.24) is 4.72 Å². The molecule has 2 bridgehead atoms. The van der Waals surface area contributed by atoms with Crippen LogP contribution in [0.15, 0.2) is 48.6 Å². The molecular weight excluding hydrogens is 592 g/mol. The first-order valence-corrected chi connectivity index (χ1v) is 17.9. The molecule has 2 N–H and O–H groups in total. The smallest absolute Gasteiger partial charge is 0.261 e. The maximum absolute atomic E-state index is 13.6. The molecule has 5 aliphatic rings. The van der Waals surface area contributed by atoms with Crippen molar-refractivity contribution < 1.29 is 19.4 Å². The fraction of sp³-hybridized carbons (Fsp3) is 0.583. The third kappa shape index (κ3) is 6.14. The molecule has 7 atom stereocenters. The van der Waals surface area contributed by atoms with Gasteiger partial charge in [0, 0.05) is 40.9 Å². The normalized spacial score (nSPS) is 34.6. The van der Waals surface area contributed by atoms with E-state index in [9.17, 15) is 9.90 Å². The number of anilines is 1.